The van der Waals surface area contributed by atoms with Crippen LogP contribution in [0.25, 0.3) is 11.0 Å². The molecule has 0 unspecified atom stereocenters. The van der Waals surface area contributed by atoms with Gasteiger partial charge in [0.25, 0.3) is 5.91 Å². The molecular formula is C20H20BrN5O. The number of carbonyl (C=O) groups excluding carboxylic acids is 1. The van der Waals surface area contributed by atoms with Gasteiger partial charge in [0, 0.05) is 36.3 Å². The van der Waals surface area contributed by atoms with Crippen molar-refractivity contribution < 1.29 is 4.79 Å². The molecule has 2 aromatic carbocycles. The third kappa shape index (κ3) is 3.94. The minimum absolute atomic E-state index is 0.246. The molecule has 27 heavy (non-hydrogen) atoms. The summed E-state index contributed by atoms with van der Waals surface area (Å²) in [5, 5.41) is 2.94. The summed E-state index contributed by atoms with van der Waals surface area (Å²) in [6.45, 7) is 3.51. The second-order valence-electron chi connectivity index (χ2n) is 6.64. The molecule has 1 aliphatic heterocycles. The van der Waals surface area contributed by atoms with Gasteiger partial charge in [-0.05, 0) is 43.4 Å². The highest BCUT2D eigenvalue weighted by molar-refractivity contribution is 9.10. The lowest BCUT2D eigenvalue weighted by molar-refractivity contribution is 0.102. The predicted octanol–water partition coefficient (Wildman–Crippen LogP) is 3.40. The number of likely N-dealkylation sites (N-methyl/N-ethyl adjacent to an activating group) is 1. The molecule has 3 aromatic rings. The number of nitrogens with zero attached hydrogens (tertiary/aromatic N) is 4. The van der Waals surface area contributed by atoms with Crippen molar-refractivity contribution in [2.75, 3.05) is 43.4 Å². The summed E-state index contributed by atoms with van der Waals surface area (Å²) in [5.41, 5.74) is 2.60. The molecule has 1 aliphatic rings. The Balaban J connectivity index is 1.71. The van der Waals surface area contributed by atoms with Crippen molar-refractivity contribution >= 4 is 44.4 Å². The lowest BCUT2D eigenvalue weighted by atomic mass is 10.2. The normalized spacial score (nSPS) is 15.1. The van der Waals surface area contributed by atoms with Crippen molar-refractivity contribution in [1.82, 2.24) is 14.9 Å². The first-order valence-corrected chi connectivity index (χ1v) is 9.66. The van der Waals surface area contributed by atoms with Crippen LogP contribution < -0.4 is 10.2 Å². The van der Waals surface area contributed by atoms with E-state index < -0.39 is 0 Å². The fourth-order valence-electron chi connectivity index (χ4n) is 3.11. The molecule has 138 valence electrons. The van der Waals surface area contributed by atoms with Gasteiger partial charge < -0.3 is 15.1 Å². The van der Waals surface area contributed by atoms with Crippen molar-refractivity contribution in [3.05, 3.63) is 58.7 Å². The number of carbonyl (C=O) groups is 1. The van der Waals surface area contributed by atoms with Crippen LogP contribution in [0.1, 0.15) is 10.5 Å². The van der Waals surface area contributed by atoms with Gasteiger partial charge in [-0.25, -0.2) is 9.97 Å². The van der Waals surface area contributed by atoms with Gasteiger partial charge in [0.05, 0.1) is 11.0 Å². The van der Waals surface area contributed by atoms with Gasteiger partial charge in [0.1, 0.15) is 0 Å². The number of para-hydroxylation sites is 2. The standard InChI is InChI=1S/C20H20BrN5O/c1-25-10-12-26(13-11-25)19-18(23-16-4-2-3-5-17(16)24-19)20(27)22-15-8-6-14(21)7-9-15/h2-9H,10-13H2,1H3,(H,22,27). The van der Waals surface area contributed by atoms with Gasteiger partial charge in [0.15, 0.2) is 11.5 Å². The monoisotopic (exact) mass is 425 g/mol. The molecule has 0 spiro atoms. The maximum Gasteiger partial charge on any atom is 0.278 e. The van der Waals surface area contributed by atoms with Gasteiger partial charge >= 0.3 is 0 Å². The number of rotatable bonds is 3. The van der Waals surface area contributed by atoms with Crippen molar-refractivity contribution in [1.29, 1.82) is 0 Å². The molecule has 0 bridgehead atoms. The van der Waals surface area contributed by atoms with Crippen molar-refractivity contribution in [3.8, 4) is 0 Å². The third-order valence-electron chi connectivity index (χ3n) is 4.67. The number of piperazine rings is 1. The summed E-state index contributed by atoms with van der Waals surface area (Å²) in [6, 6.07) is 15.1. The number of aromatic nitrogens is 2. The van der Waals surface area contributed by atoms with E-state index in [1.807, 2.05) is 48.5 Å². The maximum absolute atomic E-state index is 13.0. The summed E-state index contributed by atoms with van der Waals surface area (Å²) in [7, 11) is 2.10. The van der Waals surface area contributed by atoms with Crippen molar-refractivity contribution in [3.63, 3.8) is 0 Å². The van der Waals surface area contributed by atoms with Crippen molar-refractivity contribution in [2.24, 2.45) is 0 Å². The maximum atomic E-state index is 13.0. The summed E-state index contributed by atoms with van der Waals surface area (Å²) >= 11 is 3.41. The number of nitrogens with one attached hydrogen (secondary N) is 1. The Morgan fingerprint density at radius 2 is 1.59 bits per heavy atom. The Kier molecular flexibility index (Phi) is 5.05. The Labute approximate surface area is 166 Å². The fraction of sp³-hybridized carbons (Fsp3) is 0.250. The van der Waals surface area contributed by atoms with E-state index in [-0.39, 0.29) is 5.91 Å². The number of fused-ring (bicyclic) bond motifs is 1. The minimum atomic E-state index is -0.246. The van der Waals surface area contributed by atoms with E-state index in [1.165, 1.54) is 0 Å². The molecule has 1 N–H and O–H groups in total. The Bertz CT molecular complexity index is 968. The van der Waals surface area contributed by atoms with Crippen LogP contribution in [0.5, 0.6) is 0 Å². The van der Waals surface area contributed by atoms with Crippen LogP contribution in [0.2, 0.25) is 0 Å². The van der Waals surface area contributed by atoms with E-state index in [9.17, 15) is 4.79 Å². The Morgan fingerprint density at radius 1 is 0.963 bits per heavy atom. The molecule has 2 heterocycles. The third-order valence-corrected chi connectivity index (χ3v) is 5.20. The number of hydrogen-bond donors (Lipinski definition) is 1. The molecule has 4 rings (SSSR count). The van der Waals surface area contributed by atoms with Crippen LogP contribution in [0.4, 0.5) is 11.5 Å². The van der Waals surface area contributed by atoms with E-state index in [2.05, 4.69) is 43.1 Å². The van der Waals surface area contributed by atoms with Gasteiger partial charge in [-0.2, -0.15) is 0 Å². The van der Waals surface area contributed by atoms with E-state index in [4.69, 9.17) is 4.98 Å². The molecule has 7 heteroatoms. The van der Waals surface area contributed by atoms with Crippen molar-refractivity contribution in [2.45, 2.75) is 0 Å². The number of hydrogen-bond acceptors (Lipinski definition) is 5. The first kappa shape index (κ1) is 17.9. The zero-order chi connectivity index (χ0) is 18.8. The molecule has 1 saturated heterocycles. The van der Waals surface area contributed by atoms with Crippen LogP contribution in [0.3, 0.4) is 0 Å². The van der Waals surface area contributed by atoms with Gasteiger partial charge in [-0.15, -0.1) is 0 Å². The average molecular weight is 426 g/mol. The van der Waals surface area contributed by atoms with E-state index in [0.717, 1.165) is 47.4 Å². The zero-order valence-electron chi connectivity index (χ0n) is 15.0. The molecule has 1 aromatic heterocycles. The number of benzene rings is 2. The summed E-state index contributed by atoms with van der Waals surface area (Å²) in [5.74, 6) is 0.404. The molecule has 0 saturated carbocycles. The lowest BCUT2D eigenvalue weighted by Gasteiger charge is -2.33. The smallest absolute Gasteiger partial charge is 0.278 e. The minimum Gasteiger partial charge on any atom is -0.352 e. The molecule has 0 radical (unpaired) electrons. The van der Waals surface area contributed by atoms with Gasteiger partial charge in [0.2, 0.25) is 0 Å². The van der Waals surface area contributed by atoms with Crippen LogP contribution in [-0.2, 0) is 0 Å². The van der Waals surface area contributed by atoms with Gasteiger partial charge in [-0.3, -0.25) is 4.79 Å². The fourth-order valence-corrected chi connectivity index (χ4v) is 3.37. The first-order valence-electron chi connectivity index (χ1n) is 8.87. The molecule has 1 fully saturated rings. The second kappa shape index (κ2) is 7.62. The summed E-state index contributed by atoms with van der Waals surface area (Å²) in [6.07, 6.45) is 0. The van der Waals surface area contributed by atoms with Crippen LogP contribution >= 0.6 is 15.9 Å². The van der Waals surface area contributed by atoms with E-state index in [1.54, 1.807) is 0 Å². The largest absolute Gasteiger partial charge is 0.352 e. The molecule has 6 nitrogen and oxygen atoms in total. The van der Waals surface area contributed by atoms with Gasteiger partial charge in [-0.1, -0.05) is 28.1 Å². The van der Waals surface area contributed by atoms with Crippen LogP contribution in [0.15, 0.2) is 53.0 Å². The molecule has 1 amide bonds. The SMILES string of the molecule is CN1CCN(c2nc3ccccc3nc2C(=O)Nc2ccc(Br)cc2)CC1. The Hall–Kier alpha value is -2.51. The Morgan fingerprint density at radius 3 is 2.26 bits per heavy atom. The highest BCUT2D eigenvalue weighted by atomic mass is 79.9. The molecule has 0 aliphatic carbocycles. The summed E-state index contributed by atoms with van der Waals surface area (Å²) in [4.78, 5) is 26.8. The molecular weight excluding hydrogens is 406 g/mol. The summed E-state index contributed by atoms with van der Waals surface area (Å²) < 4.78 is 0.962. The highest BCUT2D eigenvalue weighted by Crippen LogP contribution is 2.23. The quantitative estimate of drug-likeness (QED) is 0.696. The lowest BCUT2D eigenvalue weighted by Crippen LogP contribution is -2.45. The number of amides is 1. The zero-order valence-corrected chi connectivity index (χ0v) is 16.6. The molecule has 0 atom stereocenters. The van der Waals surface area contributed by atoms with E-state index in [0.29, 0.717) is 11.5 Å². The van der Waals surface area contributed by atoms with Crippen LogP contribution in [-0.4, -0.2) is 54.0 Å². The van der Waals surface area contributed by atoms with E-state index >= 15 is 0 Å². The topological polar surface area (TPSA) is 61.4 Å². The first-order chi connectivity index (χ1) is 13.1. The second-order valence-corrected chi connectivity index (χ2v) is 7.55. The highest BCUT2D eigenvalue weighted by Gasteiger charge is 2.24. The predicted molar refractivity (Wildman–Crippen MR) is 111 cm³/mol. The number of halogens is 1. The average Bonchev–Trinajstić information content (AvgIpc) is 2.69. The number of anilines is 2. The van der Waals surface area contributed by atoms with Crippen LogP contribution in [0, 0.1) is 0 Å².